The maximum atomic E-state index is 12.8. The minimum absolute atomic E-state index is 0.0815. The number of anilines is 1. The lowest BCUT2D eigenvalue weighted by Crippen LogP contribution is -2.17. The van der Waals surface area contributed by atoms with Crippen LogP contribution in [0.1, 0.15) is 12.5 Å². The largest absolute Gasteiger partial charge is 0.492 e. The van der Waals surface area contributed by atoms with E-state index < -0.39 is 41.6 Å². The number of hydrogen-bond acceptors (Lipinski definition) is 5. The number of primary sulfonamides is 1. The summed E-state index contributed by atoms with van der Waals surface area (Å²) in [5, 5.41) is 5.09. The molecule has 0 fully saturated rings. The van der Waals surface area contributed by atoms with Crippen molar-refractivity contribution in [2.24, 2.45) is 5.14 Å². The molecule has 2 rings (SSSR count). The number of nitrogens with one attached hydrogen (secondary N) is 1. The highest BCUT2D eigenvalue weighted by Crippen LogP contribution is 2.31. The molecule has 0 aliphatic heterocycles. The number of nitrogens with two attached hydrogens (primary N) is 1. The van der Waals surface area contributed by atoms with Crippen molar-refractivity contribution in [3.63, 3.8) is 0 Å². The molecule has 12 heteroatoms. The van der Waals surface area contributed by atoms with Crippen LogP contribution in [0.15, 0.2) is 52.3 Å². The Bertz CT molecular complexity index is 1050. The third kappa shape index (κ3) is 5.11. The van der Waals surface area contributed by atoms with Crippen LogP contribution in [0.25, 0.3) is 0 Å². The Balaban J connectivity index is 2.44. The molecule has 0 unspecified atom stereocenters. The zero-order valence-electron chi connectivity index (χ0n) is 13.8. The van der Waals surface area contributed by atoms with Crippen molar-refractivity contribution < 1.29 is 34.7 Å². The first-order valence-corrected chi connectivity index (χ1v) is 10.4. The van der Waals surface area contributed by atoms with E-state index in [0.29, 0.717) is 6.07 Å². The summed E-state index contributed by atoms with van der Waals surface area (Å²) in [6.07, 6.45) is -4.72. The summed E-state index contributed by atoms with van der Waals surface area (Å²) in [6.45, 7) is 1.75. The van der Waals surface area contributed by atoms with Gasteiger partial charge in [-0.3, -0.25) is 4.72 Å². The van der Waals surface area contributed by atoms with Gasteiger partial charge in [-0.1, -0.05) is 6.07 Å². The van der Waals surface area contributed by atoms with Crippen molar-refractivity contribution in [3.8, 4) is 5.75 Å². The summed E-state index contributed by atoms with van der Waals surface area (Å²) >= 11 is 0. The molecule has 0 amide bonds. The van der Waals surface area contributed by atoms with E-state index in [0.717, 1.165) is 24.3 Å². The molecule has 27 heavy (non-hydrogen) atoms. The highest BCUT2D eigenvalue weighted by atomic mass is 32.2. The molecule has 2 aromatic rings. The predicted molar refractivity (Wildman–Crippen MR) is 91.2 cm³/mol. The van der Waals surface area contributed by atoms with Crippen LogP contribution >= 0.6 is 0 Å². The Labute approximate surface area is 154 Å². The van der Waals surface area contributed by atoms with E-state index in [1.54, 1.807) is 6.92 Å². The summed E-state index contributed by atoms with van der Waals surface area (Å²) < 4.78 is 93.5. The van der Waals surface area contributed by atoms with Crippen LogP contribution in [-0.4, -0.2) is 23.4 Å². The van der Waals surface area contributed by atoms with Crippen LogP contribution in [0, 0.1) is 0 Å². The van der Waals surface area contributed by atoms with Gasteiger partial charge in [-0.15, -0.1) is 0 Å². The van der Waals surface area contributed by atoms with Gasteiger partial charge in [0.25, 0.3) is 10.0 Å². The third-order valence-electron chi connectivity index (χ3n) is 3.27. The van der Waals surface area contributed by atoms with Crippen LogP contribution in [0.2, 0.25) is 0 Å². The monoisotopic (exact) mass is 424 g/mol. The van der Waals surface area contributed by atoms with E-state index in [2.05, 4.69) is 0 Å². The van der Waals surface area contributed by atoms with Gasteiger partial charge in [0, 0.05) is 0 Å². The van der Waals surface area contributed by atoms with Crippen LogP contribution in [0.4, 0.5) is 18.9 Å². The first-order valence-electron chi connectivity index (χ1n) is 7.34. The van der Waals surface area contributed by atoms with Gasteiger partial charge in [0.2, 0.25) is 10.0 Å². The van der Waals surface area contributed by atoms with Gasteiger partial charge in [0.1, 0.15) is 10.6 Å². The molecule has 0 saturated carbocycles. The second-order valence-electron chi connectivity index (χ2n) is 5.27. The second kappa shape index (κ2) is 7.37. The normalized spacial score (nSPS) is 12.6. The molecule has 0 aliphatic rings. The fraction of sp³-hybridized carbons (Fsp3) is 0.200. The Hall–Kier alpha value is -2.31. The smallest absolute Gasteiger partial charge is 0.416 e. The Kier molecular flexibility index (Phi) is 5.73. The fourth-order valence-electron chi connectivity index (χ4n) is 2.12. The zero-order valence-corrected chi connectivity index (χ0v) is 15.5. The topological polar surface area (TPSA) is 116 Å². The van der Waals surface area contributed by atoms with Gasteiger partial charge in [-0.25, -0.2) is 22.0 Å². The number of rotatable bonds is 6. The Morgan fingerprint density at radius 3 is 2.30 bits per heavy atom. The third-order valence-corrected chi connectivity index (χ3v) is 5.59. The lowest BCUT2D eigenvalue weighted by Gasteiger charge is -2.13. The number of alkyl halides is 3. The van der Waals surface area contributed by atoms with Crippen molar-refractivity contribution >= 4 is 25.7 Å². The van der Waals surface area contributed by atoms with Crippen molar-refractivity contribution in [1.82, 2.24) is 0 Å². The number of benzene rings is 2. The SMILES string of the molecule is CCOc1ccc(NS(=O)(=O)c2cccc(C(F)(F)F)c2)cc1S(N)(=O)=O. The number of ether oxygens (including phenoxy) is 1. The maximum Gasteiger partial charge on any atom is 0.416 e. The standard InChI is InChI=1S/C15H15F3N2O5S2/c1-2-25-13-7-6-11(9-14(13)26(19,21)22)20-27(23,24)12-5-3-4-10(8-12)15(16,17)18/h3-9,20H,2H2,1H3,(H2,19,21,22). The molecule has 0 aliphatic carbocycles. The van der Waals surface area contributed by atoms with Gasteiger partial charge in [-0.2, -0.15) is 13.2 Å². The first kappa shape index (κ1) is 21.0. The van der Waals surface area contributed by atoms with Gasteiger partial charge in [0.15, 0.2) is 0 Å². The highest BCUT2D eigenvalue weighted by molar-refractivity contribution is 7.92. The lowest BCUT2D eigenvalue weighted by molar-refractivity contribution is -0.137. The molecule has 3 N–H and O–H groups in total. The molecule has 0 atom stereocenters. The van der Waals surface area contributed by atoms with Crippen molar-refractivity contribution in [2.75, 3.05) is 11.3 Å². The predicted octanol–water partition coefficient (Wildman–Crippen LogP) is 2.55. The van der Waals surface area contributed by atoms with E-state index in [9.17, 15) is 30.0 Å². The fourth-order valence-corrected chi connectivity index (χ4v) is 3.92. The molecule has 0 bridgehead atoms. The van der Waals surface area contributed by atoms with Gasteiger partial charge in [-0.05, 0) is 43.3 Å². The first-order chi connectivity index (χ1) is 12.3. The maximum absolute atomic E-state index is 12.8. The van der Waals surface area contributed by atoms with Gasteiger partial charge >= 0.3 is 6.18 Å². The Morgan fingerprint density at radius 1 is 1.07 bits per heavy atom. The number of sulfonamides is 2. The van der Waals surface area contributed by atoms with Crippen molar-refractivity contribution in [2.45, 2.75) is 22.9 Å². The molecule has 0 aromatic heterocycles. The molecule has 0 radical (unpaired) electrons. The average molecular weight is 424 g/mol. The summed E-state index contributed by atoms with van der Waals surface area (Å²) in [7, 11) is -8.64. The molecule has 7 nitrogen and oxygen atoms in total. The minimum Gasteiger partial charge on any atom is -0.492 e. The molecule has 0 heterocycles. The molecular weight excluding hydrogens is 409 g/mol. The summed E-state index contributed by atoms with van der Waals surface area (Å²) in [4.78, 5) is -1.10. The van der Waals surface area contributed by atoms with E-state index in [1.165, 1.54) is 12.1 Å². The quantitative estimate of drug-likeness (QED) is 0.739. The highest BCUT2D eigenvalue weighted by Gasteiger charge is 2.31. The van der Waals surface area contributed by atoms with E-state index in [-0.39, 0.29) is 18.0 Å². The zero-order chi connectivity index (χ0) is 20.5. The lowest BCUT2D eigenvalue weighted by atomic mass is 10.2. The van der Waals surface area contributed by atoms with Crippen LogP contribution in [0.3, 0.4) is 0 Å². The van der Waals surface area contributed by atoms with E-state index in [1.807, 2.05) is 4.72 Å². The average Bonchev–Trinajstić information content (AvgIpc) is 2.54. The molecular formula is C15H15F3N2O5S2. The summed E-state index contributed by atoms with van der Waals surface area (Å²) in [5.74, 6) is -0.0815. The van der Waals surface area contributed by atoms with Gasteiger partial charge < -0.3 is 4.74 Å². The van der Waals surface area contributed by atoms with Crippen LogP contribution < -0.4 is 14.6 Å². The van der Waals surface area contributed by atoms with Crippen LogP contribution in [0.5, 0.6) is 5.75 Å². The second-order valence-corrected chi connectivity index (χ2v) is 8.48. The molecule has 2 aromatic carbocycles. The summed E-state index contributed by atoms with van der Waals surface area (Å²) in [5.41, 5.74) is -1.35. The molecule has 0 saturated heterocycles. The summed E-state index contributed by atoms with van der Waals surface area (Å²) in [6, 6.07) is 6.44. The molecule has 0 spiro atoms. The minimum atomic E-state index is -4.72. The van der Waals surface area contributed by atoms with Crippen LogP contribution in [-0.2, 0) is 26.2 Å². The number of hydrogen-bond donors (Lipinski definition) is 2. The van der Waals surface area contributed by atoms with E-state index in [4.69, 9.17) is 9.88 Å². The van der Waals surface area contributed by atoms with Crippen molar-refractivity contribution in [1.29, 1.82) is 0 Å². The van der Waals surface area contributed by atoms with Crippen molar-refractivity contribution in [3.05, 3.63) is 48.0 Å². The Morgan fingerprint density at radius 2 is 1.74 bits per heavy atom. The van der Waals surface area contributed by atoms with Gasteiger partial charge in [0.05, 0.1) is 22.8 Å². The number of halogens is 3. The van der Waals surface area contributed by atoms with E-state index >= 15 is 0 Å². The molecule has 148 valence electrons.